The number of aryl methyl sites for hydroxylation is 1. The Labute approximate surface area is 132 Å². The average molecular weight is 338 g/mol. The van der Waals surface area contributed by atoms with Crippen molar-refractivity contribution in [2.75, 3.05) is 20.6 Å². The molecule has 0 unspecified atom stereocenters. The fourth-order valence-corrected chi connectivity index (χ4v) is 2.18. The van der Waals surface area contributed by atoms with E-state index in [-0.39, 0.29) is 17.0 Å². The van der Waals surface area contributed by atoms with Gasteiger partial charge in [-0.2, -0.15) is 0 Å². The van der Waals surface area contributed by atoms with Crippen LogP contribution < -0.4 is 21.5 Å². The lowest BCUT2D eigenvalue weighted by Crippen LogP contribution is -3.00. The van der Waals surface area contributed by atoms with Crippen LogP contribution in [0, 0.1) is 0 Å². The van der Waals surface area contributed by atoms with Crippen LogP contribution in [0.3, 0.4) is 0 Å². The molecule has 4 heteroatoms. The van der Waals surface area contributed by atoms with Gasteiger partial charge in [0.25, 0.3) is 0 Å². The van der Waals surface area contributed by atoms with Crippen molar-refractivity contribution in [3.8, 4) is 0 Å². The summed E-state index contributed by atoms with van der Waals surface area (Å²) in [6, 6.07) is 10.6. The van der Waals surface area contributed by atoms with Crippen molar-refractivity contribution in [2.24, 2.45) is 0 Å². The summed E-state index contributed by atoms with van der Waals surface area (Å²) in [5.74, 6) is 0. The van der Waals surface area contributed by atoms with Crippen molar-refractivity contribution in [2.45, 2.75) is 25.9 Å². The third-order valence-corrected chi connectivity index (χ3v) is 3.23. The number of unbranched alkanes of at least 4 members (excludes halogenated alkanes) is 1. The highest BCUT2D eigenvalue weighted by Crippen LogP contribution is 2.01. The fourth-order valence-electron chi connectivity index (χ4n) is 2.18. The molecule has 2 aromatic rings. The maximum absolute atomic E-state index is 2.28. The van der Waals surface area contributed by atoms with Crippen molar-refractivity contribution < 1.29 is 21.5 Å². The largest absolute Gasteiger partial charge is 1.00 e. The van der Waals surface area contributed by atoms with E-state index in [1.165, 1.54) is 24.9 Å². The van der Waals surface area contributed by atoms with Crippen LogP contribution in [0.5, 0.6) is 0 Å². The van der Waals surface area contributed by atoms with E-state index in [1.54, 1.807) is 0 Å². The number of hydrogen-bond acceptors (Lipinski definition) is 1. The Bertz CT molecular complexity index is 479. The van der Waals surface area contributed by atoms with Gasteiger partial charge in [0.15, 0.2) is 0 Å². The van der Waals surface area contributed by atoms with Crippen molar-refractivity contribution in [1.82, 2.24) is 9.47 Å². The second-order valence-electron chi connectivity index (χ2n) is 5.32. The second-order valence-corrected chi connectivity index (χ2v) is 5.32. The van der Waals surface area contributed by atoms with Crippen LogP contribution in [-0.2, 0) is 13.1 Å². The number of nitrogens with zero attached hydrogens (tertiary/aromatic N) is 3. The molecule has 0 saturated heterocycles. The number of hydrogen-bond donors (Lipinski definition) is 0. The molecule has 0 bridgehead atoms. The van der Waals surface area contributed by atoms with E-state index in [0.717, 1.165) is 13.1 Å². The summed E-state index contributed by atoms with van der Waals surface area (Å²) in [5.41, 5.74) is 1.35. The van der Waals surface area contributed by atoms with E-state index < -0.39 is 0 Å². The predicted molar refractivity (Wildman–Crippen MR) is 78.0 cm³/mol. The molecule has 0 N–H and O–H groups in total. The molecule has 0 aliphatic heterocycles. The third kappa shape index (κ3) is 5.88. The van der Waals surface area contributed by atoms with Gasteiger partial charge in [-0.1, -0.05) is 30.3 Å². The van der Waals surface area contributed by atoms with Gasteiger partial charge < -0.3 is 21.9 Å². The Kier molecular flexibility index (Phi) is 7.55. The van der Waals surface area contributed by atoms with Gasteiger partial charge in [-0.15, -0.1) is 0 Å². The van der Waals surface area contributed by atoms with E-state index in [1.807, 2.05) is 0 Å². The minimum absolute atomic E-state index is 0. The summed E-state index contributed by atoms with van der Waals surface area (Å²) in [5, 5.41) is 0. The molecule has 2 rings (SSSR count). The lowest BCUT2D eigenvalue weighted by atomic mass is 10.2. The summed E-state index contributed by atoms with van der Waals surface area (Å²) < 4.78 is 4.51. The first-order valence-corrected chi connectivity index (χ1v) is 6.97. The van der Waals surface area contributed by atoms with E-state index in [2.05, 4.69) is 77.2 Å². The summed E-state index contributed by atoms with van der Waals surface area (Å²) in [4.78, 5) is 2.24. The lowest BCUT2D eigenvalue weighted by molar-refractivity contribution is -0.696. The fraction of sp³-hybridized carbons (Fsp3) is 0.438. The summed E-state index contributed by atoms with van der Waals surface area (Å²) in [6.07, 6.45) is 9.00. The quantitative estimate of drug-likeness (QED) is 0.474. The van der Waals surface area contributed by atoms with Crippen LogP contribution in [0.1, 0.15) is 18.4 Å². The first-order chi connectivity index (χ1) is 9.24. The zero-order valence-electron chi connectivity index (χ0n) is 12.4. The molecule has 20 heavy (non-hydrogen) atoms. The van der Waals surface area contributed by atoms with Crippen LogP contribution in [0.4, 0.5) is 0 Å². The van der Waals surface area contributed by atoms with Crippen molar-refractivity contribution in [3.05, 3.63) is 54.6 Å². The number of rotatable bonds is 7. The second kappa shape index (κ2) is 8.93. The van der Waals surface area contributed by atoms with Crippen molar-refractivity contribution in [3.63, 3.8) is 0 Å². The average Bonchev–Trinajstić information content (AvgIpc) is 2.83. The van der Waals surface area contributed by atoms with Gasteiger partial charge >= 0.3 is 0 Å². The Balaban J connectivity index is 0.00000200. The highest BCUT2D eigenvalue weighted by Gasteiger charge is 2.04. The highest BCUT2D eigenvalue weighted by atomic mass is 79.9. The van der Waals surface area contributed by atoms with Gasteiger partial charge in [0.2, 0.25) is 6.33 Å². The molecule has 1 heterocycles. The Morgan fingerprint density at radius 3 is 2.55 bits per heavy atom. The van der Waals surface area contributed by atoms with Gasteiger partial charge in [0.1, 0.15) is 18.9 Å². The summed E-state index contributed by atoms with van der Waals surface area (Å²) >= 11 is 0. The zero-order chi connectivity index (χ0) is 13.5. The minimum atomic E-state index is 0. The number of halogens is 1. The molecule has 0 fully saturated rings. The van der Waals surface area contributed by atoms with Gasteiger partial charge in [-0.25, -0.2) is 9.13 Å². The Hall–Kier alpha value is -1.13. The normalized spacial score (nSPS) is 10.6. The molecule has 1 aromatic heterocycles. The molecule has 0 aliphatic carbocycles. The third-order valence-electron chi connectivity index (χ3n) is 3.23. The van der Waals surface area contributed by atoms with E-state index in [0.29, 0.717) is 0 Å². The molecule has 110 valence electrons. The molecule has 0 saturated carbocycles. The highest BCUT2D eigenvalue weighted by molar-refractivity contribution is 5.14. The molecule has 0 radical (unpaired) electrons. The smallest absolute Gasteiger partial charge is 0.244 e. The van der Waals surface area contributed by atoms with Crippen molar-refractivity contribution in [1.29, 1.82) is 0 Å². The molecule has 0 spiro atoms. The molecule has 0 amide bonds. The van der Waals surface area contributed by atoms with Crippen LogP contribution in [0.15, 0.2) is 49.1 Å². The van der Waals surface area contributed by atoms with Crippen LogP contribution in [0.2, 0.25) is 0 Å². The first kappa shape index (κ1) is 16.9. The Morgan fingerprint density at radius 1 is 1.10 bits per heavy atom. The van der Waals surface area contributed by atoms with Crippen LogP contribution in [-0.4, -0.2) is 30.1 Å². The minimum Gasteiger partial charge on any atom is -1.00 e. The van der Waals surface area contributed by atoms with Gasteiger partial charge in [0.05, 0.1) is 6.54 Å². The number of benzene rings is 1. The van der Waals surface area contributed by atoms with Gasteiger partial charge in [-0.3, -0.25) is 0 Å². The zero-order valence-corrected chi connectivity index (χ0v) is 14.0. The molecular weight excluding hydrogens is 314 g/mol. The van der Waals surface area contributed by atoms with E-state index in [9.17, 15) is 0 Å². The lowest BCUT2D eigenvalue weighted by Gasteiger charge is -2.07. The van der Waals surface area contributed by atoms with Crippen LogP contribution >= 0.6 is 0 Å². The summed E-state index contributed by atoms with van der Waals surface area (Å²) in [6.45, 7) is 3.23. The van der Waals surface area contributed by atoms with Crippen molar-refractivity contribution >= 4 is 0 Å². The van der Waals surface area contributed by atoms with Crippen LogP contribution in [0.25, 0.3) is 0 Å². The maximum atomic E-state index is 2.28. The molecular formula is C16H24BrN3. The number of imidazole rings is 1. The maximum Gasteiger partial charge on any atom is 0.244 e. The predicted octanol–water partition coefficient (Wildman–Crippen LogP) is -0.830. The Morgan fingerprint density at radius 2 is 1.85 bits per heavy atom. The molecule has 0 atom stereocenters. The summed E-state index contributed by atoms with van der Waals surface area (Å²) in [7, 11) is 4.26. The monoisotopic (exact) mass is 337 g/mol. The van der Waals surface area contributed by atoms with E-state index in [4.69, 9.17) is 0 Å². The topological polar surface area (TPSA) is 12.1 Å². The van der Waals surface area contributed by atoms with Gasteiger partial charge in [-0.05, 0) is 39.0 Å². The van der Waals surface area contributed by atoms with Gasteiger partial charge in [0, 0.05) is 0 Å². The molecule has 0 aliphatic rings. The first-order valence-electron chi connectivity index (χ1n) is 6.97. The molecule has 3 nitrogen and oxygen atoms in total. The van der Waals surface area contributed by atoms with E-state index >= 15 is 0 Å². The molecule has 1 aromatic carbocycles. The number of aromatic nitrogens is 2. The SMILES string of the molecule is CN(C)CCCC[n+]1ccn(Cc2ccccc2)c1.[Br-]. The standard InChI is InChI=1S/C16H24N3.BrH/c1-17(2)10-6-7-11-18-12-13-19(15-18)14-16-8-4-3-5-9-16;/h3-5,8-9,12-13,15H,6-7,10-11,14H2,1-2H3;1H/q+1;/p-1.